The monoisotopic (exact) mass is 448 g/mol. The lowest BCUT2D eigenvalue weighted by atomic mass is 9.74. The largest absolute Gasteiger partial charge is 0.499 e. The van der Waals surface area contributed by atoms with Gasteiger partial charge in [0.15, 0.2) is 0 Å². The van der Waals surface area contributed by atoms with Gasteiger partial charge < -0.3 is 13.7 Å². The van der Waals surface area contributed by atoms with Gasteiger partial charge in [0.05, 0.1) is 16.6 Å². The molecule has 34 heavy (non-hydrogen) atoms. The summed E-state index contributed by atoms with van der Waals surface area (Å²) in [7, 11) is -0.687. The lowest BCUT2D eigenvalue weighted by Crippen LogP contribution is -2.41. The van der Waals surface area contributed by atoms with E-state index in [1.54, 1.807) is 6.07 Å². The highest BCUT2D eigenvalue weighted by Gasteiger charge is 2.53. The third-order valence-electron chi connectivity index (χ3n) is 6.62. The van der Waals surface area contributed by atoms with Gasteiger partial charge in [0.1, 0.15) is 5.76 Å². The Morgan fingerprint density at radius 3 is 1.94 bits per heavy atom. The van der Waals surface area contributed by atoms with Crippen LogP contribution in [0.2, 0.25) is 0 Å². The van der Waals surface area contributed by atoms with Crippen molar-refractivity contribution in [3.05, 3.63) is 100 Å². The molecule has 0 bridgehead atoms. The molecule has 0 aliphatic carbocycles. The van der Waals surface area contributed by atoms with Crippen molar-refractivity contribution in [3.63, 3.8) is 0 Å². The molecule has 0 saturated carbocycles. The van der Waals surface area contributed by atoms with Crippen LogP contribution in [-0.4, -0.2) is 18.3 Å². The van der Waals surface area contributed by atoms with Crippen molar-refractivity contribution in [2.75, 3.05) is 0 Å². The molecule has 0 unspecified atom stereocenters. The minimum atomic E-state index is -0.687. The van der Waals surface area contributed by atoms with Crippen LogP contribution in [0.15, 0.2) is 88.1 Å². The van der Waals surface area contributed by atoms with Crippen LogP contribution >= 0.6 is 0 Å². The molecule has 4 nitrogen and oxygen atoms in total. The second-order valence-corrected chi connectivity index (χ2v) is 9.46. The summed E-state index contributed by atoms with van der Waals surface area (Å²) >= 11 is 0. The summed E-state index contributed by atoms with van der Waals surface area (Å²) in [4.78, 5) is 13.1. The lowest BCUT2D eigenvalue weighted by molar-refractivity contribution is 0.00578. The first-order chi connectivity index (χ1) is 16.2. The molecule has 0 radical (unpaired) electrons. The van der Waals surface area contributed by atoms with E-state index in [4.69, 9.17) is 13.7 Å². The van der Waals surface area contributed by atoms with Crippen molar-refractivity contribution >= 4 is 23.4 Å². The molecular weight excluding hydrogens is 423 g/mol. The molecule has 5 heteroatoms. The Bertz CT molecular complexity index is 1460. The van der Waals surface area contributed by atoms with E-state index in [-0.39, 0.29) is 0 Å². The topological polar surface area (TPSA) is 48.7 Å². The summed E-state index contributed by atoms with van der Waals surface area (Å²) in [6.45, 7) is 8.03. The van der Waals surface area contributed by atoms with Crippen molar-refractivity contribution in [2.45, 2.75) is 38.9 Å². The Morgan fingerprint density at radius 2 is 1.29 bits per heavy atom. The second-order valence-electron chi connectivity index (χ2n) is 9.46. The van der Waals surface area contributed by atoms with Crippen LogP contribution in [0.5, 0.6) is 0 Å². The molecule has 0 N–H and O–H groups in total. The molecule has 5 rings (SSSR count). The van der Waals surface area contributed by atoms with Gasteiger partial charge in [0.2, 0.25) is 0 Å². The number of benzene rings is 3. The summed E-state index contributed by atoms with van der Waals surface area (Å²) in [5.74, 6) is 6.75. The quantitative estimate of drug-likeness (QED) is 0.314. The average molecular weight is 448 g/mol. The molecule has 0 amide bonds. The summed E-state index contributed by atoms with van der Waals surface area (Å²) in [6.07, 6.45) is 0. The Kier molecular flexibility index (Phi) is 5.44. The fourth-order valence-corrected chi connectivity index (χ4v) is 4.02. The third-order valence-corrected chi connectivity index (χ3v) is 6.62. The van der Waals surface area contributed by atoms with E-state index in [1.807, 2.05) is 100 Å². The van der Waals surface area contributed by atoms with Gasteiger partial charge in [-0.3, -0.25) is 0 Å². The van der Waals surface area contributed by atoms with Crippen molar-refractivity contribution in [1.82, 2.24) is 0 Å². The maximum Gasteiger partial charge on any atom is 0.499 e. The van der Waals surface area contributed by atoms with Gasteiger partial charge >= 0.3 is 12.7 Å². The fraction of sp³-hybridized carbons (Fsp3) is 0.207. The standard InChI is InChI=1S/C29H25BO4/c1-28(2)29(3,4)34-30(33-28)25-23-18-17-21(16-15-20-11-7-5-8-12-20)19-24(23)27(31)32-26(25)22-13-9-6-10-14-22/h5-14,17-19H,1-4H3. The van der Waals surface area contributed by atoms with Crippen LogP contribution in [0.1, 0.15) is 38.8 Å². The Labute approximate surface area is 199 Å². The van der Waals surface area contributed by atoms with E-state index in [9.17, 15) is 4.79 Å². The molecule has 2 heterocycles. The molecule has 1 aliphatic rings. The predicted molar refractivity (Wildman–Crippen MR) is 136 cm³/mol. The molecular formula is C29H25BO4. The van der Waals surface area contributed by atoms with E-state index in [0.29, 0.717) is 16.6 Å². The number of hydrogen-bond donors (Lipinski definition) is 0. The summed E-state index contributed by atoms with van der Waals surface area (Å²) in [6, 6.07) is 24.9. The van der Waals surface area contributed by atoms with Crippen LogP contribution in [0.4, 0.5) is 0 Å². The zero-order valence-corrected chi connectivity index (χ0v) is 19.7. The number of rotatable bonds is 2. The van der Waals surface area contributed by atoms with Gasteiger partial charge in [0, 0.05) is 22.2 Å². The highest BCUT2D eigenvalue weighted by atomic mass is 16.7. The van der Waals surface area contributed by atoms with Gasteiger partial charge in [-0.2, -0.15) is 0 Å². The zero-order valence-electron chi connectivity index (χ0n) is 19.7. The van der Waals surface area contributed by atoms with Crippen LogP contribution < -0.4 is 11.1 Å². The van der Waals surface area contributed by atoms with Crippen molar-refractivity contribution < 1.29 is 13.7 Å². The van der Waals surface area contributed by atoms with Crippen molar-refractivity contribution in [2.24, 2.45) is 0 Å². The molecule has 1 fully saturated rings. The van der Waals surface area contributed by atoms with Gasteiger partial charge in [-0.15, -0.1) is 0 Å². The average Bonchev–Trinajstić information content (AvgIpc) is 3.05. The minimum absolute atomic E-state index is 0.419. The van der Waals surface area contributed by atoms with Crippen molar-refractivity contribution in [1.29, 1.82) is 0 Å². The zero-order chi connectivity index (χ0) is 23.9. The second kappa shape index (κ2) is 8.32. The number of hydrogen-bond acceptors (Lipinski definition) is 4. The van der Waals surface area contributed by atoms with E-state index in [1.165, 1.54) is 0 Å². The Hall–Kier alpha value is -3.59. The SMILES string of the molecule is CC1(C)OB(c2c(-c3ccccc3)oc(=O)c3cc(C#Cc4ccccc4)ccc23)OC1(C)C. The highest BCUT2D eigenvalue weighted by Crippen LogP contribution is 2.38. The fourth-order valence-electron chi connectivity index (χ4n) is 4.02. The molecule has 1 saturated heterocycles. The highest BCUT2D eigenvalue weighted by molar-refractivity contribution is 6.66. The van der Waals surface area contributed by atoms with E-state index in [0.717, 1.165) is 22.1 Å². The molecule has 4 aromatic rings. The Balaban J connectivity index is 1.70. The van der Waals surface area contributed by atoms with Crippen LogP contribution in [0, 0.1) is 11.8 Å². The molecule has 3 aromatic carbocycles. The van der Waals surface area contributed by atoms with Crippen LogP contribution in [0.25, 0.3) is 22.1 Å². The first-order valence-electron chi connectivity index (χ1n) is 11.3. The normalized spacial score (nSPS) is 16.3. The summed E-state index contributed by atoms with van der Waals surface area (Å²) in [5, 5.41) is 1.18. The van der Waals surface area contributed by atoms with Gasteiger partial charge in [-0.1, -0.05) is 66.4 Å². The maximum atomic E-state index is 13.1. The Morgan fingerprint density at radius 1 is 0.706 bits per heavy atom. The third kappa shape index (κ3) is 3.96. The summed E-state index contributed by atoms with van der Waals surface area (Å²) < 4.78 is 18.7. The first-order valence-corrected chi connectivity index (χ1v) is 11.3. The van der Waals surface area contributed by atoms with Gasteiger partial charge in [-0.05, 0) is 57.3 Å². The smallest absolute Gasteiger partial charge is 0.423 e. The molecule has 0 spiro atoms. The lowest BCUT2D eigenvalue weighted by Gasteiger charge is -2.32. The molecule has 0 atom stereocenters. The van der Waals surface area contributed by atoms with Gasteiger partial charge in [0.25, 0.3) is 0 Å². The van der Waals surface area contributed by atoms with Crippen molar-refractivity contribution in [3.8, 4) is 23.2 Å². The maximum absolute atomic E-state index is 13.1. The van der Waals surface area contributed by atoms with Crippen LogP contribution in [-0.2, 0) is 9.31 Å². The molecule has 168 valence electrons. The van der Waals surface area contributed by atoms with E-state index in [2.05, 4.69) is 11.8 Å². The molecule has 1 aromatic heterocycles. The van der Waals surface area contributed by atoms with Gasteiger partial charge in [-0.25, -0.2) is 4.79 Å². The first kappa shape index (κ1) is 22.2. The van der Waals surface area contributed by atoms with E-state index < -0.39 is 23.9 Å². The molecule has 1 aliphatic heterocycles. The van der Waals surface area contributed by atoms with E-state index >= 15 is 0 Å². The predicted octanol–water partition coefficient (Wildman–Crippen LogP) is 5.16. The minimum Gasteiger partial charge on any atom is -0.423 e. The van der Waals surface area contributed by atoms with Crippen LogP contribution in [0.3, 0.4) is 0 Å². The summed E-state index contributed by atoms with van der Waals surface area (Å²) in [5.41, 5.74) is 1.66. The number of fused-ring (bicyclic) bond motifs is 1.